The van der Waals surface area contributed by atoms with Crippen LogP contribution in [0, 0.1) is 5.92 Å². The maximum atomic E-state index is 12.8. The lowest BCUT2D eigenvalue weighted by Crippen LogP contribution is -2.43. The average Bonchev–Trinajstić information content (AvgIpc) is 3.11. The van der Waals surface area contributed by atoms with E-state index in [4.69, 9.17) is 11.6 Å². The third kappa shape index (κ3) is 4.24. The molecule has 1 unspecified atom stereocenters. The third-order valence-corrected chi connectivity index (χ3v) is 7.11. The smallest absolute Gasteiger partial charge is 0.387 e. The molecule has 140 valence electrons. The Morgan fingerprint density at radius 3 is 2.52 bits per heavy atom. The molecule has 0 aromatic heterocycles. The number of ether oxygens (including phenoxy) is 1. The molecule has 5 nitrogen and oxygen atoms in total. The minimum atomic E-state index is -3.69. The number of hydrogen-bond acceptors (Lipinski definition) is 4. The zero-order chi connectivity index (χ0) is 18.0. The van der Waals surface area contributed by atoms with Gasteiger partial charge < -0.3 is 10.1 Å². The number of piperidine rings is 1. The fourth-order valence-corrected chi connectivity index (χ4v) is 5.40. The van der Waals surface area contributed by atoms with Crippen LogP contribution in [0.25, 0.3) is 0 Å². The van der Waals surface area contributed by atoms with Crippen molar-refractivity contribution in [2.45, 2.75) is 43.2 Å². The van der Waals surface area contributed by atoms with Crippen LogP contribution in [0.3, 0.4) is 0 Å². The number of sulfonamides is 1. The van der Waals surface area contributed by atoms with Crippen molar-refractivity contribution in [3.05, 3.63) is 23.2 Å². The zero-order valence-electron chi connectivity index (χ0n) is 13.6. The van der Waals surface area contributed by atoms with E-state index < -0.39 is 16.6 Å². The first-order valence-corrected chi connectivity index (χ1v) is 10.2. The molecule has 0 radical (unpaired) electrons. The van der Waals surface area contributed by atoms with Crippen LogP contribution >= 0.6 is 11.6 Å². The van der Waals surface area contributed by atoms with Crippen molar-refractivity contribution in [1.82, 2.24) is 9.62 Å². The van der Waals surface area contributed by atoms with E-state index in [-0.39, 0.29) is 15.7 Å². The molecule has 0 saturated carbocycles. The minimum Gasteiger partial charge on any atom is -0.433 e. The van der Waals surface area contributed by atoms with Gasteiger partial charge in [0.05, 0.1) is 9.92 Å². The monoisotopic (exact) mass is 394 g/mol. The number of benzene rings is 1. The van der Waals surface area contributed by atoms with Gasteiger partial charge in [0.15, 0.2) is 0 Å². The third-order valence-electron chi connectivity index (χ3n) is 4.92. The van der Waals surface area contributed by atoms with Gasteiger partial charge in [0.25, 0.3) is 0 Å². The Hall–Kier alpha value is -0.960. The van der Waals surface area contributed by atoms with E-state index in [9.17, 15) is 17.2 Å². The van der Waals surface area contributed by atoms with Gasteiger partial charge in [-0.3, -0.25) is 0 Å². The molecular weight excluding hydrogens is 374 g/mol. The molecule has 0 spiro atoms. The lowest BCUT2D eigenvalue weighted by Gasteiger charge is -2.34. The average molecular weight is 395 g/mol. The van der Waals surface area contributed by atoms with Crippen LogP contribution in [-0.4, -0.2) is 45.0 Å². The summed E-state index contributed by atoms with van der Waals surface area (Å²) in [5.41, 5.74) is 0. The summed E-state index contributed by atoms with van der Waals surface area (Å²) in [6.45, 7) is -1.06. The molecule has 9 heteroatoms. The molecule has 2 aliphatic rings. The van der Waals surface area contributed by atoms with Gasteiger partial charge in [-0.05, 0) is 56.3 Å². The summed E-state index contributed by atoms with van der Waals surface area (Å²) in [6, 6.07) is 4.07. The maximum Gasteiger partial charge on any atom is 0.387 e. The van der Waals surface area contributed by atoms with Crippen LogP contribution in [0.4, 0.5) is 8.78 Å². The lowest BCUT2D eigenvalue weighted by molar-refractivity contribution is -0.0498. The molecule has 0 amide bonds. The van der Waals surface area contributed by atoms with Crippen molar-refractivity contribution in [2.75, 3.05) is 19.6 Å². The molecule has 3 rings (SSSR count). The summed E-state index contributed by atoms with van der Waals surface area (Å²) in [4.78, 5) is -0.00319. The van der Waals surface area contributed by atoms with E-state index in [0.717, 1.165) is 31.9 Å². The molecule has 2 heterocycles. The van der Waals surface area contributed by atoms with Crippen LogP contribution < -0.4 is 10.1 Å². The van der Waals surface area contributed by atoms with Gasteiger partial charge >= 0.3 is 6.61 Å². The highest BCUT2D eigenvalue weighted by Crippen LogP contribution is 2.32. The Balaban J connectivity index is 1.68. The summed E-state index contributed by atoms with van der Waals surface area (Å²) in [5.74, 6) is 0.265. The summed E-state index contributed by atoms with van der Waals surface area (Å²) < 4.78 is 55.8. The fraction of sp³-hybridized carbons (Fsp3) is 0.625. The molecule has 2 saturated heterocycles. The van der Waals surface area contributed by atoms with Crippen molar-refractivity contribution in [1.29, 1.82) is 0 Å². The Bertz CT molecular complexity index is 703. The summed E-state index contributed by atoms with van der Waals surface area (Å²) in [6.07, 6.45) is 3.96. The number of rotatable bonds is 5. The van der Waals surface area contributed by atoms with Crippen molar-refractivity contribution in [3.8, 4) is 5.75 Å². The summed E-state index contributed by atoms with van der Waals surface area (Å²) in [7, 11) is -3.69. The van der Waals surface area contributed by atoms with E-state index in [0.29, 0.717) is 25.0 Å². The first kappa shape index (κ1) is 18.8. The molecule has 1 aromatic rings. The van der Waals surface area contributed by atoms with Gasteiger partial charge in [-0.1, -0.05) is 11.6 Å². The Labute approximate surface area is 151 Å². The molecule has 0 aliphatic carbocycles. The van der Waals surface area contributed by atoms with Gasteiger partial charge in [-0.15, -0.1) is 0 Å². The SMILES string of the molecule is O=S(=O)(c1ccc(OC(F)F)c(Cl)c1)N1CCC(C2CCCN2)CC1. The number of nitrogens with one attached hydrogen (secondary N) is 1. The van der Waals surface area contributed by atoms with Crippen LogP contribution in [0.15, 0.2) is 23.1 Å². The summed E-state index contributed by atoms with van der Waals surface area (Å²) in [5, 5.41) is 3.33. The van der Waals surface area contributed by atoms with Gasteiger partial charge in [0, 0.05) is 19.1 Å². The number of hydrogen-bond donors (Lipinski definition) is 1. The number of nitrogens with zero attached hydrogens (tertiary/aromatic N) is 1. The molecule has 1 N–H and O–H groups in total. The van der Waals surface area contributed by atoms with E-state index in [2.05, 4.69) is 10.1 Å². The molecule has 2 fully saturated rings. The fourth-order valence-electron chi connectivity index (χ4n) is 3.62. The van der Waals surface area contributed by atoms with Gasteiger partial charge in [0.1, 0.15) is 5.75 Å². The van der Waals surface area contributed by atoms with Gasteiger partial charge in [-0.25, -0.2) is 8.42 Å². The van der Waals surface area contributed by atoms with E-state index in [1.54, 1.807) is 0 Å². The van der Waals surface area contributed by atoms with Crippen LogP contribution in [0.2, 0.25) is 5.02 Å². The normalized spacial score (nSPS) is 23.3. The second-order valence-electron chi connectivity index (χ2n) is 6.42. The highest BCUT2D eigenvalue weighted by molar-refractivity contribution is 7.89. The topological polar surface area (TPSA) is 58.6 Å². The van der Waals surface area contributed by atoms with E-state index in [1.165, 1.54) is 22.9 Å². The van der Waals surface area contributed by atoms with Crippen LogP contribution in [0.1, 0.15) is 25.7 Å². The number of halogens is 3. The largest absolute Gasteiger partial charge is 0.433 e. The molecule has 25 heavy (non-hydrogen) atoms. The van der Waals surface area contributed by atoms with E-state index >= 15 is 0 Å². The second kappa shape index (κ2) is 7.73. The van der Waals surface area contributed by atoms with Crippen molar-refractivity contribution < 1.29 is 21.9 Å². The standard InChI is InChI=1S/C16H21ClF2N2O3S/c17-13-10-12(3-4-15(13)24-16(18)19)25(22,23)21-8-5-11(6-9-21)14-2-1-7-20-14/h3-4,10-11,14,16,20H,1-2,5-9H2. The predicted octanol–water partition coefficient (Wildman–Crippen LogP) is 3.09. The van der Waals surface area contributed by atoms with E-state index in [1.807, 2.05) is 0 Å². The first-order chi connectivity index (χ1) is 11.9. The highest BCUT2D eigenvalue weighted by Gasteiger charge is 2.33. The highest BCUT2D eigenvalue weighted by atomic mass is 35.5. The zero-order valence-corrected chi connectivity index (χ0v) is 15.2. The van der Waals surface area contributed by atoms with Crippen molar-refractivity contribution in [2.24, 2.45) is 5.92 Å². The van der Waals surface area contributed by atoms with Crippen LogP contribution in [0.5, 0.6) is 5.75 Å². The Morgan fingerprint density at radius 2 is 1.96 bits per heavy atom. The van der Waals surface area contributed by atoms with Crippen LogP contribution in [-0.2, 0) is 10.0 Å². The Kier molecular flexibility index (Phi) is 5.82. The quantitative estimate of drug-likeness (QED) is 0.833. The maximum absolute atomic E-state index is 12.8. The van der Waals surface area contributed by atoms with Gasteiger partial charge in [0.2, 0.25) is 10.0 Å². The van der Waals surface area contributed by atoms with Crippen molar-refractivity contribution in [3.63, 3.8) is 0 Å². The molecule has 1 aromatic carbocycles. The molecule has 2 aliphatic heterocycles. The minimum absolute atomic E-state index is 0.00319. The predicted molar refractivity (Wildman–Crippen MR) is 90.6 cm³/mol. The van der Waals surface area contributed by atoms with Crippen molar-refractivity contribution >= 4 is 21.6 Å². The summed E-state index contributed by atoms with van der Waals surface area (Å²) >= 11 is 5.88. The Morgan fingerprint density at radius 1 is 1.24 bits per heavy atom. The second-order valence-corrected chi connectivity index (χ2v) is 8.76. The molecular formula is C16H21ClF2N2O3S. The van der Waals surface area contributed by atoms with Gasteiger partial charge in [-0.2, -0.15) is 13.1 Å². The number of alkyl halides is 2. The first-order valence-electron chi connectivity index (χ1n) is 8.36. The lowest BCUT2D eigenvalue weighted by atomic mass is 9.89. The molecule has 1 atom stereocenters. The molecule has 0 bridgehead atoms.